The van der Waals surface area contributed by atoms with Crippen LogP contribution in [-0.2, 0) is 12.8 Å². The Balaban J connectivity index is 1.89. The second-order valence-electron chi connectivity index (χ2n) is 7.45. The lowest BCUT2D eigenvalue weighted by Gasteiger charge is -2.33. The lowest BCUT2D eigenvalue weighted by molar-refractivity contribution is 0.0959. The van der Waals surface area contributed by atoms with Gasteiger partial charge in [0.15, 0.2) is 0 Å². The Morgan fingerprint density at radius 1 is 1.43 bits per heavy atom. The first-order chi connectivity index (χ1) is 10.9. The van der Waals surface area contributed by atoms with Gasteiger partial charge in [-0.1, -0.05) is 19.6 Å². The molecule has 1 aliphatic carbocycles. The molecule has 2 heterocycles. The fourth-order valence-electron chi connectivity index (χ4n) is 3.25. The van der Waals surface area contributed by atoms with E-state index in [4.69, 9.17) is 10.7 Å². The highest BCUT2D eigenvalue weighted by molar-refractivity contribution is 7.20. The van der Waals surface area contributed by atoms with Gasteiger partial charge in [-0.15, -0.1) is 11.3 Å². The van der Waals surface area contributed by atoms with Gasteiger partial charge in [-0.05, 0) is 42.5 Å². The van der Waals surface area contributed by atoms with Crippen LogP contribution in [0, 0.1) is 0 Å². The number of hydrogen-bond acceptors (Lipinski definition) is 4. The molecule has 0 fully saturated rings. The predicted octanol–water partition coefficient (Wildman–Crippen LogP) is 3.18. The number of fused-ring (bicyclic) bond motifs is 2. The molecule has 0 bridgehead atoms. The van der Waals surface area contributed by atoms with Crippen LogP contribution in [0.5, 0.6) is 0 Å². The van der Waals surface area contributed by atoms with Crippen LogP contribution in [0.15, 0.2) is 12.1 Å². The number of nitrogens with two attached hydrogens (primary N) is 1. The molecule has 0 aromatic carbocycles. The molecule has 1 atom stereocenters. The van der Waals surface area contributed by atoms with E-state index in [1.807, 2.05) is 6.07 Å². The summed E-state index contributed by atoms with van der Waals surface area (Å²) < 4.78 is 0. The van der Waals surface area contributed by atoms with Crippen molar-refractivity contribution < 1.29 is 4.79 Å². The summed E-state index contributed by atoms with van der Waals surface area (Å²) in [6, 6.07) is 4.23. The molecule has 0 aliphatic heterocycles. The largest absolute Gasteiger partial charge is 0.350 e. The molecule has 3 N–H and O–H groups in total. The zero-order chi connectivity index (χ0) is 16.6. The van der Waals surface area contributed by atoms with E-state index in [0.29, 0.717) is 13.1 Å². The van der Waals surface area contributed by atoms with Crippen molar-refractivity contribution in [2.45, 2.75) is 44.4 Å². The molecule has 6 heteroatoms. The molecule has 2 aromatic heterocycles. The first kappa shape index (κ1) is 16.6. The fourth-order valence-corrected chi connectivity index (χ4v) is 6.04. The number of nitrogens with zero attached hydrogens (tertiary/aromatic N) is 1. The average Bonchev–Trinajstić information content (AvgIpc) is 2.91. The van der Waals surface area contributed by atoms with Crippen molar-refractivity contribution in [3.63, 3.8) is 0 Å². The van der Waals surface area contributed by atoms with Crippen LogP contribution in [0.2, 0.25) is 25.2 Å². The summed E-state index contributed by atoms with van der Waals surface area (Å²) in [6.45, 7) is 8.34. The lowest BCUT2D eigenvalue weighted by atomic mass is 9.95. The number of aromatic nitrogens is 1. The van der Waals surface area contributed by atoms with E-state index < -0.39 is 8.07 Å². The Labute approximate surface area is 142 Å². The number of carbonyl (C=O) groups is 1. The van der Waals surface area contributed by atoms with Gasteiger partial charge < -0.3 is 11.1 Å². The predicted molar refractivity (Wildman–Crippen MR) is 100 cm³/mol. The minimum absolute atomic E-state index is 0.0450. The zero-order valence-corrected chi connectivity index (χ0v) is 15.9. The monoisotopic (exact) mass is 347 g/mol. The zero-order valence-electron chi connectivity index (χ0n) is 14.1. The Morgan fingerprint density at radius 3 is 2.91 bits per heavy atom. The summed E-state index contributed by atoms with van der Waals surface area (Å²) in [5.41, 5.74) is 8.90. The van der Waals surface area contributed by atoms with Gasteiger partial charge in [-0.2, -0.15) is 0 Å². The highest BCUT2D eigenvalue weighted by Crippen LogP contribution is 2.37. The van der Waals surface area contributed by atoms with E-state index in [1.54, 1.807) is 0 Å². The van der Waals surface area contributed by atoms with Crippen molar-refractivity contribution in [3.05, 3.63) is 28.3 Å². The van der Waals surface area contributed by atoms with Crippen LogP contribution >= 0.6 is 11.3 Å². The van der Waals surface area contributed by atoms with E-state index in [-0.39, 0.29) is 5.91 Å². The van der Waals surface area contributed by atoms with Crippen molar-refractivity contribution in [1.82, 2.24) is 10.3 Å². The topological polar surface area (TPSA) is 68.0 Å². The summed E-state index contributed by atoms with van der Waals surface area (Å²) in [7, 11) is -1.12. The Morgan fingerprint density at radius 2 is 2.22 bits per heavy atom. The molecule has 1 aliphatic rings. The number of aryl methyl sites for hydroxylation is 1. The van der Waals surface area contributed by atoms with E-state index in [0.717, 1.165) is 33.5 Å². The SMILES string of the molecule is C[Si](C)(C)C1CCc2nc3sc(C(=O)NCCN)cc3cc2C1. The molecule has 1 amide bonds. The molecular weight excluding hydrogens is 322 g/mol. The molecule has 23 heavy (non-hydrogen) atoms. The quantitative estimate of drug-likeness (QED) is 0.835. The number of pyridine rings is 1. The van der Waals surface area contributed by atoms with Gasteiger partial charge >= 0.3 is 0 Å². The van der Waals surface area contributed by atoms with Gasteiger partial charge in [-0.3, -0.25) is 4.79 Å². The second-order valence-corrected chi connectivity index (χ2v) is 14.0. The number of nitrogens with one attached hydrogen (secondary N) is 1. The van der Waals surface area contributed by atoms with Gasteiger partial charge in [0.05, 0.1) is 4.88 Å². The van der Waals surface area contributed by atoms with Crippen LogP contribution in [0.1, 0.15) is 27.3 Å². The van der Waals surface area contributed by atoms with E-state index >= 15 is 0 Å². The van der Waals surface area contributed by atoms with Gasteiger partial charge in [0.1, 0.15) is 4.83 Å². The Kier molecular flexibility index (Phi) is 4.58. The first-order valence-electron chi connectivity index (χ1n) is 8.29. The smallest absolute Gasteiger partial charge is 0.261 e. The van der Waals surface area contributed by atoms with Crippen LogP contribution in [0.25, 0.3) is 10.2 Å². The summed E-state index contributed by atoms with van der Waals surface area (Å²) in [6.07, 6.45) is 3.49. The Bertz CT molecular complexity index is 735. The molecule has 0 saturated heterocycles. The summed E-state index contributed by atoms with van der Waals surface area (Å²) in [5.74, 6) is -0.0450. The molecule has 0 radical (unpaired) electrons. The lowest BCUT2D eigenvalue weighted by Crippen LogP contribution is -2.32. The fraction of sp³-hybridized carbons (Fsp3) is 0.529. The van der Waals surface area contributed by atoms with Crippen LogP contribution < -0.4 is 11.1 Å². The van der Waals surface area contributed by atoms with Crippen molar-refractivity contribution in [2.75, 3.05) is 13.1 Å². The number of rotatable bonds is 4. The van der Waals surface area contributed by atoms with E-state index in [9.17, 15) is 4.79 Å². The first-order valence-corrected chi connectivity index (χ1v) is 12.7. The van der Waals surface area contributed by atoms with Crippen LogP contribution in [0.4, 0.5) is 0 Å². The molecule has 3 rings (SSSR count). The third-order valence-electron chi connectivity index (χ3n) is 4.75. The van der Waals surface area contributed by atoms with Crippen LogP contribution in [-0.4, -0.2) is 32.1 Å². The van der Waals surface area contributed by atoms with Gasteiger partial charge in [0, 0.05) is 32.2 Å². The van der Waals surface area contributed by atoms with Gasteiger partial charge in [0.2, 0.25) is 0 Å². The minimum Gasteiger partial charge on any atom is -0.350 e. The molecule has 2 aromatic rings. The molecular formula is C17H25N3OSSi. The summed E-state index contributed by atoms with van der Waals surface area (Å²) in [4.78, 5) is 18.7. The third-order valence-corrected chi connectivity index (χ3v) is 8.74. The number of hydrogen-bond donors (Lipinski definition) is 2. The van der Waals surface area contributed by atoms with Gasteiger partial charge in [0.25, 0.3) is 5.91 Å². The summed E-state index contributed by atoms with van der Waals surface area (Å²) in [5, 5.41) is 3.93. The maximum absolute atomic E-state index is 12.1. The highest BCUT2D eigenvalue weighted by Gasteiger charge is 2.31. The average molecular weight is 348 g/mol. The van der Waals surface area contributed by atoms with Crippen molar-refractivity contribution >= 4 is 35.5 Å². The Hall–Kier alpha value is -1.24. The molecule has 1 unspecified atom stereocenters. The van der Waals surface area contributed by atoms with E-state index in [1.165, 1.54) is 29.0 Å². The van der Waals surface area contributed by atoms with Gasteiger partial charge in [-0.25, -0.2) is 4.98 Å². The molecule has 0 saturated carbocycles. The van der Waals surface area contributed by atoms with Crippen LogP contribution in [0.3, 0.4) is 0 Å². The maximum Gasteiger partial charge on any atom is 0.261 e. The third kappa shape index (κ3) is 3.49. The molecule has 4 nitrogen and oxygen atoms in total. The van der Waals surface area contributed by atoms with Crippen molar-refractivity contribution in [1.29, 1.82) is 0 Å². The number of thiophene rings is 1. The van der Waals surface area contributed by atoms with Crippen molar-refractivity contribution in [3.8, 4) is 0 Å². The number of carbonyl (C=O) groups excluding carboxylic acids is 1. The second kappa shape index (κ2) is 6.34. The summed E-state index contributed by atoms with van der Waals surface area (Å²) >= 11 is 1.48. The van der Waals surface area contributed by atoms with Crippen molar-refractivity contribution in [2.24, 2.45) is 5.73 Å². The van der Waals surface area contributed by atoms with E-state index in [2.05, 4.69) is 31.0 Å². The highest BCUT2D eigenvalue weighted by atomic mass is 32.1. The maximum atomic E-state index is 12.1. The standard InChI is InChI=1S/C17H25N3OSSi/c1-23(2,3)13-4-5-14-11(9-13)8-12-10-15(22-17(12)20-14)16(21)19-7-6-18/h8,10,13H,4-7,9,18H2,1-3H3,(H,19,21). The minimum atomic E-state index is -1.12. The molecule has 124 valence electrons. The molecule has 0 spiro atoms. The number of amides is 1. The normalized spacial score (nSPS) is 18.0.